The van der Waals surface area contributed by atoms with E-state index in [0.717, 1.165) is 6.42 Å². The van der Waals surface area contributed by atoms with Crippen LogP contribution >= 0.6 is 0 Å². The molecule has 3 heteroatoms. The molecule has 5 rings (SSSR count). The van der Waals surface area contributed by atoms with Gasteiger partial charge in [-0.05, 0) is 6.42 Å². The average molecular weight is 238 g/mol. The van der Waals surface area contributed by atoms with Crippen molar-refractivity contribution in [1.29, 1.82) is 0 Å². The van der Waals surface area contributed by atoms with E-state index in [1.54, 1.807) is 24.3 Å². The summed E-state index contributed by atoms with van der Waals surface area (Å²) in [5.74, 6) is 0.198. The number of carbonyl (C=O) groups excluding carboxylic acids is 2. The van der Waals surface area contributed by atoms with Gasteiger partial charge in [-0.3, -0.25) is 9.59 Å². The predicted molar refractivity (Wildman–Crippen MR) is 62.4 cm³/mol. The molecule has 1 aromatic rings. The van der Waals surface area contributed by atoms with Crippen molar-refractivity contribution >= 4 is 11.6 Å². The molecule has 3 nitrogen and oxygen atoms in total. The maximum atomic E-state index is 12.7. The Morgan fingerprint density at radius 3 is 1.94 bits per heavy atom. The summed E-state index contributed by atoms with van der Waals surface area (Å²) in [4.78, 5) is 25.4. The molecule has 1 saturated heterocycles. The first kappa shape index (κ1) is 9.22. The summed E-state index contributed by atoms with van der Waals surface area (Å²) in [6.07, 6.45) is 4.98. The summed E-state index contributed by atoms with van der Waals surface area (Å²) in [6, 6.07) is 7.09. The van der Waals surface area contributed by atoms with Crippen LogP contribution in [-0.2, 0) is 4.74 Å². The van der Waals surface area contributed by atoms with E-state index < -0.39 is 11.2 Å². The van der Waals surface area contributed by atoms with Crippen LogP contribution in [0.3, 0.4) is 0 Å². The lowest BCUT2D eigenvalue weighted by Gasteiger charge is -2.25. The van der Waals surface area contributed by atoms with Crippen LogP contribution in [0.25, 0.3) is 0 Å². The fourth-order valence-electron chi connectivity index (χ4n) is 4.28. The molecule has 2 fully saturated rings. The SMILES string of the molecule is O=C1c2ccccc2C(=O)[C@@]23O[C@@]12[C@@H]1C=C[C@H]3C1. The van der Waals surface area contributed by atoms with Gasteiger partial charge in [0.2, 0.25) is 0 Å². The van der Waals surface area contributed by atoms with E-state index in [2.05, 4.69) is 12.2 Å². The first-order valence-electron chi connectivity index (χ1n) is 6.29. The third kappa shape index (κ3) is 0.627. The van der Waals surface area contributed by atoms with Crippen molar-refractivity contribution in [3.05, 3.63) is 47.5 Å². The fourth-order valence-corrected chi connectivity index (χ4v) is 4.28. The summed E-state index contributed by atoms with van der Waals surface area (Å²) >= 11 is 0. The quantitative estimate of drug-likeness (QED) is 0.511. The first-order chi connectivity index (χ1) is 8.72. The molecule has 1 heterocycles. The van der Waals surface area contributed by atoms with Crippen molar-refractivity contribution in [2.24, 2.45) is 11.8 Å². The minimum atomic E-state index is -0.849. The van der Waals surface area contributed by atoms with Gasteiger partial charge in [0.15, 0.2) is 22.8 Å². The third-order valence-corrected chi connectivity index (χ3v) is 5.05. The standard InChI is InChI=1S/C15H10O3/c16-12-10-3-1-2-4-11(10)13(17)15-9-6-5-8(7-9)14(12,15)18-15/h1-6,8-9H,7H2/t8-,9+,14+,15-. The largest absolute Gasteiger partial charge is 0.344 e. The normalized spacial score (nSPS) is 45.8. The van der Waals surface area contributed by atoms with Crippen molar-refractivity contribution in [2.75, 3.05) is 0 Å². The van der Waals surface area contributed by atoms with Crippen molar-refractivity contribution in [3.8, 4) is 0 Å². The fraction of sp³-hybridized carbons (Fsp3) is 0.333. The van der Waals surface area contributed by atoms with Gasteiger partial charge in [0, 0.05) is 23.0 Å². The zero-order chi connectivity index (χ0) is 12.1. The van der Waals surface area contributed by atoms with E-state index in [1.807, 2.05) is 0 Å². The summed E-state index contributed by atoms with van der Waals surface area (Å²) < 4.78 is 5.82. The van der Waals surface area contributed by atoms with Crippen LogP contribution in [0, 0.1) is 11.8 Å². The monoisotopic (exact) mass is 238 g/mol. The lowest BCUT2D eigenvalue weighted by molar-refractivity contribution is 0.0811. The smallest absolute Gasteiger partial charge is 0.199 e. The van der Waals surface area contributed by atoms with E-state index in [1.165, 1.54) is 0 Å². The Morgan fingerprint density at radius 2 is 1.44 bits per heavy atom. The van der Waals surface area contributed by atoms with Gasteiger partial charge in [-0.1, -0.05) is 36.4 Å². The molecule has 0 N–H and O–H groups in total. The molecule has 4 atom stereocenters. The van der Waals surface area contributed by atoms with Crippen LogP contribution in [-0.4, -0.2) is 22.8 Å². The summed E-state index contributed by atoms with van der Waals surface area (Å²) in [7, 11) is 0. The van der Waals surface area contributed by atoms with E-state index in [-0.39, 0.29) is 23.4 Å². The minimum Gasteiger partial charge on any atom is -0.344 e. The van der Waals surface area contributed by atoms with Crippen molar-refractivity contribution in [1.82, 2.24) is 0 Å². The van der Waals surface area contributed by atoms with Crippen LogP contribution in [0.4, 0.5) is 0 Å². The van der Waals surface area contributed by atoms with Gasteiger partial charge in [0.05, 0.1) is 0 Å². The number of ether oxygens (including phenoxy) is 1. The second-order valence-corrected chi connectivity index (χ2v) is 5.61. The molecule has 88 valence electrons. The molecule has 1 saturated carbocycles. The molecular weight excluding hydrogens is 228 g/mol. The van der Waals surface area contributed by atoms with Gasteiger partial charge in [-0.15, -0.1) is 0 Å². The summed E-state index contributed by atoms with van der Waals surface area (Å²) in [5, 5.41) is 0. The van der Waals surface area contributed by atoms with Gasteiger partial charge in [0.1, 0.15) is 0 Å². The molecule has 4 aliphatic rings. The highest BCUT2D eigenvalue weighted by Crippen LogP contribution is 2.72. The molecule has 3 aliphatic carbocycles. The lowest BCUT2D eigenvalue weighted by Crippen LogP contribution is -2.47. The molecule has 0 aromatic heterocycles. The molecule has 0 amide bonds. The second kappa shape index (κ2) is 2.36. The highest BCUT2D eigenvalue weighted by molar-refractivity contribution is 6.26. The minimum absolute atomic E-state index is 0.00884. The number of rotatable bonds is 0. The number of Topliss-reactive ketones (excluding diaryl/α,β-unsaturated/α-hetero) is 2. The molecule has 1 aliphatic heterocycles. The molecule has 0 unspecified atom stereocenters. The lowest BCUT2D eigenvalue weighted by atomic mass is 9.69. The zero-order valence-corrected chi connectivity index (χ0v) is 9.55. The number of hydrogen-bond acceptors (Lipinski definition) is 3. The Bertz CT molecular complexity index is 619. The summed E-state index contributed by atoms with van der Waals surface area (Å²) in [5.41, 5.74) is -0.622. The number of benzene rings is 1. The Balaban J connectivity index is 1.86. The van der Waals surface area contributed by atoms with Crippen LogP contribution in [0.15, 0.2) is 36.4 Å². The predicted octanol–water partition coefficient (Wildman–Crippen LogP) is 1.78. The highest BCUT2D eigenvalue weighted by atomic mass is 16.6. The van der Waals surface area contributed by atoms with E-state index in [0.29, 0.717) is 11.1 Å². The first-order valence-corrected chi connectivity index (χ1v) is 6.29. The number of hydrogen-bond donors (Lipinski definition) is 0. The van der Waals surface area contributed by atoms with Crippen molar-refractivity contribution in [2.45, 2.75) is 17.6 Å². The van der Waals surface area contributed by atoms with E-state index in [4.69, 9.17) is 4.74 Å². The van der Waals surface area contributed by atoms with Gasteiger partial charge in [0.25, 0.3) is 0 Å². The van der Waals surface area contributed by atoms with E-state index >= 15 is 0 Å². The van der Waals surface area contributed by atoms with Gasteiger partial charge in [-0.2, -0.15) is 0 Å². The Labute approximate surface area is 103 Å². The highest BCUT2D eigenvalue weighted by Gasteiger charge is 2.89. The van der Waals surface area contributed by atoms with Crippen molar-refractivity contribution < 1.29 is 14.3 Å². The van der Waals surface area contributed by atoms with Crippen LogP contribution in [0.5, 0.6) is 0 Å². The number of ketones is 2. The maximum Gasteiger partial charge on any atom is 0.199 e. The van der Waals surface area contributed by atoms with Gasteiger partial charge >= 0.3 is 0 Å². The zero-order valence-electron chi connectivity index (χ0n) is 9.55. The number of fused-ring (bicyclic) bond motifs is 3. The molecular formula is C15H10O3. The topological polar surface area (TPSA) is 46.7 Å². The molecule has 0 spiro atoms. The molecule has 2 bridgehead atoms. The van der Waals surface area contributed by atoms with E-state index in [9.17, 15) is 9.59 Å². The third-order valence-electron chi connectivity index (χ3n) is 5.05. The van der Waals surface area contributed by atoms with Crippen LogP contribution < -0.4 is 0 Å². The molecule has 1 aromatic carbocycles. The Kier molecular flexibility index (Phi) is 1.21. The average Bonchev–Trinajstić information content (AvgIpc) is 2.82. The summed E-state index contributed by atoms with van der Waals surface area (Å²) in [6.45, 7) is 0. The van der Waals surface area contributed by atoms with Crippen LogP contribution in [0.2, 0.25) is 0 Å². The maximum absolute atomic E-state index is 12.7. The van der Waals surface area contributed by atoms with Gasteiger partial charge < -0.3 is 4.74 Å². The Morgan fingerprint density at radius 1 is 0.944 bits per heavy atom. The van der Waals surface area contributed by atoms with Crippen LogP contribution in [0.1, 0.15) is 27.1 Å². The molecule has 0 radical (unpaired) electrons. The number of epoxide rings is 1. The molecule has 18 heavy (non-hydrogen) atoms. The second-order valence-electron chi connectivity index (χ2n) is 5.61. The number of carbonyl (C=O) groups is 2. The van der Waals surface area contributed by atoms with Gasteiger partial charge in [-0.25, -0.2) is 0 Å². The Hall–Kier alpha value is -1.74. The van der Waals surface area contributed by atoms with Crippen molar-refractivity contribution in [3.63, 3.8) is 0 Å².